The molecule has 2 aromatic rings. The minimum absolute atomic E-state index is 0.144. The molecule has 1 aliphatic carbocycles. The number of hydrogen-bond acceptors (Lipinski definition) is 5. The molecule has 0 bridgehead atoms. The third-order valence-electron chi connectivity index (χ3n) is 7.38. The zero-order chi connectivity index (χ0) is 28.4. The van der Waals surface area contributed by atoms with Gasteiger partial charge in [0.1, 0.15) is 6.07 Å². The molecule has 39 heavy (non-hydrogen) atoms. The lowest BCUT2D eigenvalue weighted by Gasteiger charge is -2.29. The molecular formula is C33H40N2O3S. The summed E-state index contributed by atoms with van der Waals surface area (Å²) in [5.74, 6) is -0.340. The Morgan fingerprint density at radius 3 is 2.28 bits per heavy atom. The van der Waals surface area contributed by atoms with Crippen LogP contribution in [0.4, 0.5) is 0 Å². The lowest BCUT2D eigenvalue weighted by Crippen LogP contribution is -2.41. The van der Waals surface area contributed by atoms with Crippen LogP contribution in [0.2, 0.25) is 0 Å². The smallest absolute Gasteiger partial charge is 0.335 e. The largest absolute Gasteiger partial charge is 0.463 e. The molecule has 0 unspecified atom stereocenters. The first-order valence-electron chi connectivity index (χ1n) is 13.8. The van der Waals surface area contributed by atoms with Crippen molar-refractivity contribution >= 4 is 23.6 Å². The fourth-order valence-electron chi connectivity index (χ4n) is 4.56. The van der Waals surface area contributed by atoms with Gasteiger partial charge in [-0.3, -0.25) is 4.79 Å². The van der Waals surface area contributed by atoms with Crippen LogP contribution in [0.25, 0.3) is 0 Å². The molecule has 0 spiro atoms. The maximum Gasteiger partial charge on any atom is 0.335 e. The van der Waals surface area contributed by atoms with Crippen LogP contribution in [-0.2, 0) is 26.2 Å². The van der Waals surface area contributed by atoms with Crippen LogP contribution in [0.15, 0.2) is 75.6 Å². The predicted molar refractivity (Wildman–Crippen MR) is 159 cm³/mol. The molecule has 206 valence electrons. The average Bonchev–Trinajstić information content (AvgIpc) is 3.76. The van der Waals surface area contributed by atoms with E-state index < -0.39 is 11.4 Å². The summed E-state index contributed by atoms with van der Waals surface area (Å²) >= 11 is 1.29. The minimum atomic E-state index is -0.484. The normalized spacial score (nSPS) is 15.0. The van der Waals surface area contributed by atoms with Gasteiger partial charge in [-0.1, -0.05) is 84.4 Å². The van der Waals surface area contributed by atoms with Gasteiger partial charge in [-0.2, -0.15) is 5.26 Å². The molecule has 3 rings (SSSR count). The van der Waals surface area contributed by atoms with E-state index in [0.717, 1.165) is 48.1 Å². The molecule has 2 aromatic carbocycles. The van der Waals surface area contributed by atoms with Crippen molar-refractivity contribution in [3.63, 3.8) is 0 Å². The highest BCUT2D eigenvalue weighted by Crippen LogP contribution is 2.50. The van der Waals surface area contributed by atoms with Crippen LogP contribution < -0.4 is 0 Å². The number of ether oxygens (including phenoxy) is 1. The second-order valence-electron chi connectivity index (χ2n) is 10.2. The van der Waals surface area contributed by atoms with Crippen molar-refractivity contribution in [1.82, 2.24) is 4.90 Å². The summed E-state index contributed by atoms with van der Waals surface area (Å²) in [5, 5.41) is 9.90. The molecule has 0 saturated heterocycles. The van der Waals surface area contributed by atoms with E-state index >= 15 is 0 Å². The summed E-state index contributed by atoms with van der Waals surface area (Å²) in [4.78, 5) is 29.8. The summed E-state index contributed by atoms with van der Waals surface area (Å²) in [6, 6.07) is 20.8. The number of thioether (sulfide) groups is 1. The van der Waals surface area contributed by atoms with Gasteiger partial charge in [0, 0.05) is 11.4 Å². The van der Waals surface area contributed by atoms with Gasteiger partial charge in [-0.05, 0) is 70.9 Å². The summed E-state index contributed by atoms with van der Waals surface area (Å²) < 4.78 is 5.14. The van der Waals surface area contributed by atoms with E-state index in [1.807, 2.05) is 30.0 Å². The molecule has 0 heterocycles. The number of nitriles is 1. The number of aryl methyl sites for hydroxylation is 2. The highest BCUT2D eigenvalue weighted by Gasteiger charge is 2.53. The third-order valence-corrected chi connectivity index (χ3v) is 8.70. The summed E-state index contributed by atoms with van der Waals surface area (Å²) in [6.45, 7) is 10.8. The van der Waals surface area contributed by atoms with Gasteiger partial charge in [0.2, 0.25) is 5.91 Å². The van der Waals surface area contributed by atoms with Gasteiger partial charge in [0.05, 0.1) is 29.0 Å². The van der Waals surface area contributed by atoms with E-state index in [1.54, 1.807) is 13.8 Å². The number of hydrogen-bond donors (Lipinski definition) is 0. The lowest BCUT2D eigenvalue weighted by atomic mass is 9.93. The van der Waals surface area contributed by atoms with E-state index in [0.29, 0.717) is 23.6 Å². The molecule has 5 nitrogen and oxygen atoms in total. The van der Waals surface area contributed by atoms with Crippen molar-refractivity contribution in [2.24, 2.45) is 0 Å². The fraction of sp³-hybridized carbons (Fsp3) is 0.424. The van der Waals surface area contributed by atoms with Gasteiger partial charge in [0.15, 0.2) is 0 Å². The number of allylic oxidation sites excluding steroid dienone is 2. The van der Waals surface area contributed by atoms with Crippen molar-refractivity contribution in [1.29, 1.82) is 5.26 Å². The van der Waals surface area contributed by atoms with Crippen LogP contribution in [0.5, 0.6) is 0 Å². The van der Waals surface area contributed by atoms with E-state index in [1.165, 1.54) is 22.9 Å². The van der Waals surface area contributed by atoms with Crippen molar-refractivity contribution in [3.05, 3.63) is 92.2 Å². The minimum Gasteiger partial charge on any atom is -0.463 e. The number of rotatable bonds is 13. The monoisotopic (exact) mass is 544 g/mol. The topological polar surface area (TPSA) is 70.4 Å². The van der Waals surface area contributed by atoms with E-state index in [9.17, 15) is 14.9 Å². The lowest BCUT2D eigenvalue weighted by molar-refractivity contribution is -0.138. The number of benzene rings is 2. The van der Waals surface area contributed by atoms with Crippen LogP contribution in [0, 0.1) is 18.3 Å². The highest BCUT2D eigenvalue weighted by molar-refractivity contribution is 8.07. The zero-order valence-electron chi connectivity index (χ0n) is 23.9. The summed E-state index contributed by atoms with van der Waals surface area (Å²) in [6.07, 6.45) is 4.19. The first-order valence-corrected chi connectivity index (χ1v) is 14.6. The molecule has 6 heteroatoms. The van der Waals surface area contributed by atoms with Crippen LogP contribution in [-0.4, -0.2) is 36.5 Å². The Kier molecular flexibility index (Phi) is 11.0. The number of carbonyl (C=O) groups excluding carboxylic acids is 2. The van der Waals surface area contributed by atoms with E-state index in [-0.39, 0.29) is 12.5 Å². The highest BCUT2D eigenvalue weighted by atomic mass is 32.2. The Morgan fingerprint density at radius 1 is 1.05 bits per heavy atom. The van der Waals surface area contributed by atoms with Crippen molar-refractivity contribution in [2.75, 3.05) is 19.7 Å². The van der Waals surface area contributed by atoms with Gasteiger partial charge in [0.25, 0.3) is 0 Å². The molecule has 1 amide bonds. The molecule has 1 saturated carbocycles. The zero-order valence-corrected chi connectivity index (χ0v) is 24.7. The van der Waals surface area contributed by atoms with Crippen molar-refractivity contribution in [2.45, 2.75) is 72.1 Å². The second-order valence-corrected chi connectivity index (χ2v) is 11.3. The Morgan fingerprint density at radius 2 is 1.72 bits per heavy atom. The first-order chi connectivity index (χ1) is 18.7. The number of carbonyl (C=O) groups is 2. The van der Waals surface area contributed by atoms with Crippen LogP contribution in [0.3, 0.4) is 0 Å². The molecule has 1 fully saturated rings. The number of esters is 1. The number of nitrogens with zero attached hydrogens (tertiary/aromatic N) is 2. The van der Waals surface area contributed by atoms with Gasteiger partial charge < -0.3 is 9.64 Å². The predicted octanol–water partition coefficient (Wildman–Crippen LogP) is 7.27. The van der Waals surface area contributed by atoms with Crippen LogP contribution >= 0.6 is 11.8 Å². The molecule has 0 atom stereocenters. The maximum atomic E-state index is 14.2. The molecule has 0 aromatic heterocycles. The average molecular weight is 545 g/mol. The number of amides is 1. The quantitative estimate of drug-likeness (QED) is 0.151. The van der Waals surface area contributed by atoms with Crippen LogP contribution in [0.1, 0.15) is 70.1 Å². The Bertz CT molecular complexity index is 1250. The molecule has 0 radical (unpaired) electrons. The molecule has 1 aliphatic rings. The Hall–Kier alpha value is -3.30. The van der Waals surface area contributed by atoms with E-state index in [4.69, 9.17) is 4.74 Å². The fourth-order valence-corrected chi connectivity index (χ4v) is 5.63. The standard InChI is InChI=1S/C33H40N2O3S/c1-6-25(4)30(39-29(22-34)26(5)31(36)38-7-2)23-35(21-11-14-27-12-9-8-10-13-27)32(37)33(19-20-33)28-17-15-24(3)16-18-28/h8-10,12-13,15-18H,6-7,11,14,19-21,23H2,1-5H3/b29-26+,30-25+. The molecular weight excluding hydrogens is 504 g/mol. The van der Waals surface area contributed by atoms with Gasteiger partial charge in [-0.15, -0.1) is 0 Å². The maximum absolute atomic E-state index is 14.2. The summed E-state index contributed by atoms with van der Waals surface area (Å²) in [7, 11) is 0. The van der Waals surface area contributed by atoms with Crippen molar-refractivity contribution in [3.8, 4) is 6.07 Å². The molecule has 0 aliphatic heterocycles. The van der Waals surface area contributed by atoms with Gasteiger partial charge in [-0.25, -0.2) is 4.79 Å². The first kappa shape index (κ1) is 30.2. The van der Waals surface area contributed by atoms with Gasteiger partial charge >= 0.3 is 5.97 Å². The van der Waals surface area contributed by atoms with E-state index in [2.05, 4.69) is 56.3 Å². The summed E-state index contributed by atoms with van der Waals surface area (Å²) in [5.41, 5.74) is 4.42. The second kappa shape index (κ2) is 14.2. The Labute approximate surface area is 237 Å². The molecule has 0 N–H and O–H groups in total. The SMILES string of the molecule is CCOC(=O)/C(C)=C(\C#N)S/C(CN(CCCc1ccccc1)C(=O)C1(c2ccc(C)cc2)CC1)=C(\C)CC. The Balaban J connectivity index is 1.90. The van der Waals surface area contributed by atoms with Crippen molar-refractivity contribution < 1.29 is 14.3 Å². The third kappa shape index (κ3) is 7.86.